The zero-order chi connectivity index (χ0) is 24.7. The molecule has 7 nitrogen and oxygen atoms in total. The van der Waals surface area contributed by atoms with Gasteiger partial charge in [-0.15, -0.1) is 0 Å². The van der Waals surface area contributed by atoms with Crippen molar-refractivity contribution in [1.29, 1.82) is 0 Å². The molecule has 2 aromatic rings. The predicted octanol–water partition coefficient (Wildman–Crippen LogP) is 4.50. The van der Waals surface area contributed by atoms with E-state index in [4.69, 9.17) is 14.2 Å². The van der Waals surface area contributed by atoms with Gasteiger partial charge in [-0.3, -0.25) is 9.59 Å². The lowest BCUT2D eigenvalue weighted by Crippen LogP contribution is -2.33. The van der Waals surface area contributed by atoms with E-state index in [1.54, 1.807) is 31.4 Å². The van der Waals surface area contributed by atoms with Crippen molar-refractivity contribution in [3.63, 3.8) is 0 Å². The van der Waals surface area contributed by atoms with Crippen LogP contribution in [0.15, 0.2) is 65.9 Å². The first kappa shape index (κ1) is 25.1. The average molecular weight is 466 g/mol. The summed E-state index contributed by atoms with van der Waals surface area (Å²) in [6.45, 7) is 4.63. The highest BCUT2D eigenvalue weighted by Crippen LogP contribution is 2.42. The van der Waals surface area contributed by atoms with E-state index in [0.717, 1.165) is 5.56 Å². The van der Waals surface area contributed by atoms with Crippen molar-refractivity contribution in [1.82, 2.24) is 4.90 Å². The summed E-state index contributed by atoms with van der Waals surface area (Å²) in [7, 11) is 3.06. The number of hydrogen-bond acceptors (Lipinski definition) is 6. The zero-order valence-corrected chi connectivity index (χ0v) is 20.0. The molecular formula is C27H31NO6. The Morgan fingerprint density at radius 3 is 2.50 bits per heavy atom. The Hall–Kier alpha value is -3.58. The van der Waals surface area contributed by atoms with E-state index >= 15 is 0 Å². The monoisotopic (exact) mass is 465 g/mol. The molecule has 0 aliphatic carbocycles. The van der Waals surface area contributed by atoms with Crippen LogP contribution in [0.3, 0.4) is 0 Å². The molecule has 1 aliphatic heterocycles. The molecule has 0 bridgehead atoms. The minimum atomic E-state index is -0.805. The minimum Gasteiger partial charge on any atom is -0.503 e. The number of ether oxygens (including phenoxy) is 3. The molecule has 0 spiro atoms. The highest BCUT2D eigenvalue weighted by molar-refractivity contribution is 6.14. The number of aliphatic hydroxyl groups is 1. The van der Waals surface area contributed by atoms with Crippen molar-refractivity contribution in [3.8, 4) is 11.5 Å². The maximum absolute atomic E-state index is 13.3. The van der Waals surface area contributed by atoms with Crippen molar-refractivity contribution in [2.45, 2.75) is 32.4 Å². The Balaban J connectivity index is 1.98. The van der Waals surface area contributed by atoms with Gasteiger partial charge in [-0.05, 0) is 44.0 Å². The van der Waals surface area contributed by atoms with Gasteiger partial charge in [0.25, 0.3) is 5.91 Å². The fourth-order valence-electron chi connectivity index (χ4n) is 3.88. The molecule has 0 saturated heterocycles. The second-order valence-corrected chi connectivity index (χ2v) is 8.15. The summed E-state index contributed by atoms with van der Waals surface area (Å²) in [5.74, 6) is -0.558. The molecule has 1 heterocycles. The van der Waals surface area contributed by atoms with Crippen molar-refractivity contribution < 1.29 is 28.9 Å². The van der Waals surface area contributed by atoms with Crippen LogP contribution in [0.25, 0.3) is 6.08 Å². The van der Waals surface area contributed by atoms with Gasteiger partial charge in [-0.2, -0.15) is 0 Å². The van der Waals surface area contributed by atoms with Crippen molar-refractivity contribution in [2.75, 3.05) is 27.4 Å². The number of carbonyl (C=O) groups is 2. The topological polar surface area (TPSA) is 85.3 Å². The maximum Gasteiger partial charge on any atom is 0.290 e. The summed E-state index contributed by atoms with van der Waals surface area (Å²) in [6.07, 6.45) is 3.66. The molecule has 7 heteroatoms. The number of methoxy groups -OCH3 is 2. The van der Waals surface area contributed by atoms with E-state index in [-0.39, 0.29) is 11.7 Å². The van der Waals surface area contributed by atoms with Gasteiger partial charge in [0.15, 0.2) is 11.5 Å². The zero-order valence-electron chi connectivity index (χ0n) is 20.0. The summed E-state index contributed by atoms with van der Waals surface area (Å²) in [4.78, 5) is 27.8. The Bertz CT molecular complexity index is 1070. The Labute approximate surface area is 200 Å². The number of aliphatic hydroxyl groups excluding tert-OH is 1. The fraction of sp³-hybridized carbons (Fsp3) is 0.333. The smallest absolute Gasteiger partial charge is 0.290 e. The first-order valence-corrected chi connectivity index (χ1v) is 11.2. The molecule has 0 unspecified atom stereocenters. The Morgan fingerprint density at radius 1 is 1.12 bits per heavy atom. The number of carbonyl (C=O) groups excluding carboxylic acids is 2. The first-order chi connectivity index (χ1) is 16.4. The van der Waals surface area contributed by atoms with Crippen LogP contribution in [-0.4, -0.2) is 55.2 Å². The summed E-state index contributed by atoms with van der Waals surface area (Å²) in [5.41, 5.74) is 1.44. The quantitative estimate of drug-likeness (QED) is 0.389. The van der Waals surface area contributed by atoms with Crippen LogP contribution in [0.4, 0.5) is 0 Å². The van der Waals surface area contributed by atoms with Gasteiger partial charge in [0, 0.05) is 24.8 Å². The highest BCUT2D eigenvalue weighted by atomic mass is 16.5. The van der Waals surface area contributed by atoms with Crippen LogP contribution >= 0.6 is 0 Å². The average Bonchev–Trinajstić information content (AvgIpc) is 3.10. The van der Waals surface area contributed by atoms with Gasteiger partial charge in [0.05, 0.1) is 31.9 Å². The summed E-state index contributed by atoms with van der Waals surface area (Å²) >= 11 is 0. The third-order valence-corrected chi connectivity index (χ3v) is 5.53. The summed E-state index contributed by atoms with van der Waals surface area (Å²) < 4.78 is 16.5. The lowest BCUT2D eigenvalue weighted by Gasteiger charge is -2.28. The standard InChI is InChI=1S/C27H31NO6/c1-18(2)34-16-8-15-28-25(21-13-12-20(32-3)17-23(21)33-4)24(26(30)27(28)31)22(29)14-11-19-9-6-5-7-10-19/h5-7,9-14,17-18,25,30H,8,15-16H2,1-4H3/b14-11+/t25-/m0/s1. The molecule has 1 N–H and O–H groups in total. The van der Waals surface area contributed by atoms with Crippen LogP contribution in [0.5, 0.6) is 11.5 Å². The van der Waals surface area contributed by atoms with Crippen LogP contribution in [0, 0.1) is 0 Å². The van der Waals surface area contributed by atoms with Crippen LogP contribution in [0.2, 0.25) is 0 Å². The highest BCUT2D eigenvalue weighted by Gasteiger charge is 2.43. The normalized spacial score (nSPS) is 16.1. The number of nitrogens with zero attached hydrogens (tertiary/aromatic N) is 1. The molecule has 1 amide bonds. The Kier molecular flexibility index (Phi) is 8.49. The molecular weight excluding hydrogens is 434 g/mol. The molecule has 34 heavy (non-hydrogen) atoms. The molecule has 1 atom stereocenters. The summed E-state index contributed by atoms with van der Waals surface area (Å²) in [5, 5.41) is 10.8. The second kappa shape index (κ2) is 11.5. The fourth-order valence-corrected chi connectivity index (χ4v) is 3.88. The van der Waals surface area contributed by atoms with Gasteiger partial charge in [0.2, 0.25) is 0 Å². The van der Waals surface area contributed by atoms with E-state index in [1.165, 1.54) is 18.1 Å². The first-order valence-electron chi connectivity index (χ1n) is 11.2. The molecule has 0 radical (unpaired) electrons. The number of amides is 1. The second-order valence-electron chi connectivity index (χ2n) is 8.15. The van der Waals surface area contributed by atoms with Gasteiger partial charge in [-0.25, -0.2) is 0 Å². The molecule has 0 fully saturated rings. The van der Waals surface area contributed by atoms with Gasteiger partial charge in [-0.1, -0.05) is 36.4 Å². The van der Waals surface area contributed by atoms with Gasteiger partial charge in [0.1, 0.15) is 11.5 Å². The SMILES string of the molecule is COc1ccc([C@H]2C(C(=O)/C=C/c3ccccc3)=C(O)C(=O)N2CCCOC(C)C)c(OC)c1. The molecule has 3 rings (SSSR count). The van der Waals surface area contributed by atoms with E-state index in [0.29, 0.717) is 36.6 Å². The minimum absolute atomic E-state index is 0.0189. The third kappa shape index (κ3) is 5.66. The molecule has 2 aromatic carbocycles. The van der Waals surface area contributed by atoms with Crippen LogP contribution in [-0.2, 0) is 14.3 Å². The lowest BCUT2D eigenvalue weighted by atomic mass is 9.94. The van der Waals surface area contributed by atoms with Crippen molar-refractivity contribution in [3.05, 3.63) is 77.1 Å². The van der Waals surface area contributed by atoms with E-state index in [1.807, 2.05) is 44.2 Å². The Morgan fingerprint density at radius 2 is 1.85 bits per heavy atom. The third-order valence-electron chi connectivity index (χ3n) is 5.53. The molecule has 1 aliphatic rings. The van der Waals surface area contributed by atoms with Gasteiger partial charge < -0.3 is 24.2 Å². The lowest BCUT2D eigenvalue weighted by molar-refractivity contribution is -0.129. The molecule has 0 aromatic heterocycles. The van der Waals surface area contributed by atoms with Crippen LogP contribution in [0.1, 0.15) is 37.4 Å². The van der Waals surface area contributed by atoms with Crippen molar-refractivity contribution >= 4 is 17.8 Å². The predicted molar refractivity (Wildman–Crippen MR) is 130 cm³/mol. The number of hydrogen-bond donors (Lipinski definition) is 1. The molecule has 0 saturated carbocycles. The van der Waals surface area contributed by atoms with Crippen LogP contribution < -0.4 is 9.47 Å². The van der Waals surface area contributed by atoms with E-state index < -0.39 is 23.5 Å². The number of benzene rings is 2. The maximum atomic E-state index is 13.3. The number of rotatable bonds is 11. The molecule has 180 valence electrons. The number of allylic oxidation sites excluding steroid dienone is 1. The summed E-state index contributed by atoms with van der Waals surface area (Å²) in [6, 6.07) is 13.7. The van der Waals surface area contributed by atoms with E-state index in [2.05, 4.69) is 0 Å². The van der Waals surface area contributed by atoms with E-state index in [9.17, 15) is 14.7 Å². The van der Waals surface area contributed by atoms with Gasteiger partial charge >= 0.3 is 0 Å². The van der Waals surface area contributed by atoms with Crippen molar-refractivity contribution in [2.24, 2.45) is 0 Å². The number of ketones is 1. The largest absolute Gasteiger partial charge is 0.503 e.